The lowest BCUT2D eigenvalue weighted by atomic mass is 10.1. The van der Waals surface area contributed by atoms with E-state index in [2.05, 4.69) is 10.3 Å². The van der Waals surface area contributed by atoms with Gasteiger partial charge >= 0.3 is 0 Å². The summed E-state index contributed by atoms with van der Waals surface area (Å²) in [6, 6.07) is 0. The van der Waals surface area contributed by atoms with Gasteiger partial charge in [0, 0.05) is 0 Å². The van der Waals surface area contributed by atoms with Gasteiger partial charge in [-0.2, -0.15) is 0 Å². The molecule has 0 aromatic carbocycles. The molecule has 4 heteroatoms. The molecule has 1 unspecified atom stereocenters. The summed E-state index contributed by atoms with van der Waals surface area (Å²) in [7, 11) is 0. The van der Waals surface area contributed by atoms with E-state index in [9.17, 15) is 9.59 Å². The third-order valence-electron chi connectivity index (χ3n) is 1.16. The maximum atomic E-state index is 10.6. The monoisotopic (exact) mass is 126 g/mol. The second-order valence-corrected chi connectivity index (χ2v) is 1.83. The second-order valence-electron chi connectivity index (χ2n) is 1.83. The zero-order chi connectivity index (χ0) is 6.85. The highest BCUT2D eigenvalue weighted by Gasteiger charge is 2.22. The molecule has 0 aromatic heterocycles. The highest BCUT2D eigenvalue weighted by molar-refractivity contribution is 6.09. The molecule has 0 aromatic rings. The number of nitrogens with zero attached hydrogens (tertiary/aromatic N) is 1. The van der Waals surface area contributed by atoms with Gasteiger partial charge in [0.25, 0.3) is 5.91 Å². The minimum absolute atomic E-state index is 0.282. The van der Waals surface area contributed by atoms with E-state index in [1.807, 2.05) is 0 Å². The number of nitrogens with one attached hydrogen (secondary N) is 1. The van der Waals surface area contributed by atoms with Crippen molar-refractivity contribution in [2.45, 2.75) is 6.92 Å². The first-order chi connectivity index (χ1) is 4.22. The van der Waals surface area contributed by atoms with Gasteiger partial charge in [-0.3, -0.25) is 9.59 Å². The fraction of sp³-hybridized carbons (Fsp3) is 0.400. The Morgan fingerprint density at radius 3 is 2.78 bits per heavy atom. The zero-order valence-corrected chi connectivity index (χ0v) is 4.92. The summed E-state index contributed by atoms with van der Waals surface area (Å²) in [5.74, 6) is -1.27. The Morgan fingerprint density at radius 2 is 2.33 bits per heavy atom. The Bertz CT molecular complexity index is 185. The molecule has 9 heavy (non-hydrogen) atoms. The van der Waals surface area contributed by atoms with E-state index in [1.54, 1.807) is 0 Å². The third kappa shape index (κ3) is 0.960. The van der Waals surface area contributed by atoms with E-state index in [0.717, 1.165) is 6.34 Å². The van der Waals surface area contributed by atoms with Crippen LogP contribution in [0.15, 0.2) is 4.99 Å². The topological polar surface area (TPSA) is 58.5 Å². The molecule has 1 N–H and O–H groups in total. The lowest BCUT2D eigenvalue weighted by Crippen LogP contribution is -2.36. The first-order valence-corrected chi connectivity index (χ1v) is 2.58. The van der Waals surface area contributed by atoms with Crippen molar-refractivity contribution in [3.05, 3.63) is 0 Å². The number of rotatable bonds is 0. The van der Waals surface area contributed by atoms with Crippen molar-refractivity contribution in [2.24, 2.45) is 10.9 Å². The van der Waals surface area contributed by atoms with Crippen molar-refractivity contribution in [3.8, 4) is 0 Å². The summed E-state index contributed by atoms with van der Waals surface area (Å²) >= 11 is 0. The minimum Gasteiger partial charge on any atom is -0.316 e. The smallest absolute Gasteiger partial charge is 0.259 e. The number of hydrogen-bond donors (Lipinski definition) is 1. The summed E-state index contributed by atoms with van der Waals surface area (Å²) in [6.45, 7) is 1.52. The first kappa shape index (κ1) is 5.94. The van der Waals surface area contributed by atoms with E-state index in [0.29, 0.717) is 0 Å². The van der Waals surface area contributed by atoms with Crippen molar-refractivity contribution >= 4 is 18.2 Å². The van der Waals surface area contributed by atoms with Crippen LogP contribution in [0.1, 0.15) is 6.92 Å². The minimum atomic E-state index is -0.616. The molecule has 1 aliphatic rings. The van der Waals surface area contributed by atoms with E-state index in [4.69, 9.17) is 0 Å². The number of carbonyl (C=O) groups excluding carboxylic acids is 2. The Labute approximate surface area is 52.0 Å². The molecule has 2 amide bonds. The number of carbonyl (C=O) groups is 2. The number of amides is 2. The second kappa shape index (κ2) is 1.97. The summed E-state index contributed by atoms with van der Waals surface area (Å²) in [6.07, 6.45) is 1.12. The summed E-state index contributed by atoms with van der Waals surface area (Å²) in [5, 5.41) is 2.31. The molecule has 1 aliphatic heterocycles. The van der Waals surface area contributed by atoms with E-state index in [1.165, 1.54) is 6.92 Å². The van der Waals surface area contributed by atoms with Crippen molar-refractivity contribution in [2.75, 3.05) is 0 Å². The van der Waals surface area contributed by atoms with Gasteiger partial charge in [-0.05, 0) is 6.92 Å². The van der Waals surface area contributed by atoms with Gasteiger partial charge in [0.1, 0.15) is 5.92 Å². The van der Waals surface area contributed by atoms with Crippen LogP contribution >= 0.6 is 0 Å². The molecule has 1 heterocycles. The van der Waals surface area contributed by atoms with Crippen LogP contribution in [0.25, 0.3) is 0 Å². The van der Waals surface area contributed by atoms with Crippen LogP contribution in [0, 0.1) is 5.92 Å². The van der Waals surface area contributed by atoms with Crippen LogP contribution in [-0.2, 0) is 9.59 Å². The van der Waals surface area contributed by atoms with Gasteiger partial charge in [0.05, 0.1) is 6.34 Å². The molecule has 0 saturated carbocycles. The number of hydrogen-bond acceptors (Lipinski definition) is 2. The van der Waals surface area contributed by atoms with Gasteiger partial charge in [-0.1, -0.05) is 0 Å². The van der Waals surface area contributed by atoms with Crippen molar-refractivity contribution in [3.63, 3.8) is 0 Å². The van der Waals surface area contributed by atoms with Crippen molar-refractivity contribution < 1.29 is 9.59 Å². The van der Waals surface area contributed by atoms with Gasteiger partial charge < -0.3 is 5.32 Å². The van der Waals surface area contributed by atoms with E-state index in [-0.39, 0.29) is 11.8 Å². The molecule has 0 spiro atoms. The molecule has 0 fully saturated rings. The predicted molar refractivity (Wildman–Crippen MR) is 30.8 cm³/mol. The first-order valence-electron chi connectivity index (χ1n) is 2.58. The molecular weight excluding hydrogens is 120 g/mol. The Morgan fingerprint density at radius 1 is 1.67 bits per heavy atom. The van der Waals surface area contributed by atoms with Crippen LogP contribution in [0.5, 0.6) is 0 Å². The van der Waals surface area contributed by atoms with Gasteiger partial charge in [-0.15, -0.1) is 0 Å². The normalized spacial score (nSPS) is 26.1. The maximum absolute atomic E-state index is 10.6. The lowest BCUT2D eigenvalue weighted by Gasteiger charge is -2.08. The molecule has 4 nitrogen and oxygen atoms in total. The van der Waals surface area contributed by atoms with Crippen LogP contribution in [0.2, 0.25) is 0 Å². The van der Waals surface area contributed by atoms with Crippen LogP contribution < -0.4 is 5.32 Å². The van der Waals surface area contributed by atoms with Gasteiger partial charge in [-0.25, -0.2) is 4.99 Å². The largest absolute Gasteiger partial charge is 0.316 e. The van der Waals surface area contributed by atoms with Gasteiger partial charge in [0.15, 0.2) is 0 Å². The van der Waals surface area contributed by atoms with E-state index < -0.39 is 5.92 Å². The zero-order valence-electron chi connectivity index (χ0n) is 4.92. The maximum Gasteiger partial charge on any atom is 0.259 e. The molecule has 0 bridgehead atoms. The molecule has 0 radical (unpaired) electrons. The summed E-state index contributed by atoms with van der Waals surface area (Å²) in [4.78, 5) is 24.5. The predicted octanol–water partition coefficient (Wildman–Crippen LogP) is -0.693. The Hall–Kier alpha value is -1.19. The molecule has 0 aliphatic carbocycles. The SMILES string of the molecule is CC1C(=O)N=CNC1=O. The standard InChI is InChI=1S/C5H6N2O2/c1-3-4(8)6-2-7-5(3)9/h2-3H,1H3,(H,6,7,8,9). The number of aliphatic imine (C=N–C) groups is 1. The van der Waals surface area contributed by atoms with Gasteiger partial charge in [0.2, 0.25) is 5.91 Å². The highest BCUT2D eigenvalue weighted by Crippen LogP contribution is 1.99. The summed E-state index contributed by atoms with van der Waals surface area (Å²) < 4.78 is 0. The molecule has 48 valence electrons. The highest BCUT2D eigenvalue weighted by atomic mass is 16.2. The van der Waals surface area contributed by atoms with Crippen LogP contribution in [-0.4, -0.2) is 18.2 Å². The Kier molecular flexibility index (Phi) is 1.30. The lowest BCUT2D eigenvalue weighted by molar-refractivity contribution is -0.132. The van der Waals surface area contributed by atoms with Crippen LogP contribution in [0.4, 0.5) is 0 Å². The quantitative estimate of drug-likeness (QED) is 0.436. The molecule has 0 saturated heterocycles. The van der Waals surface area contributed by atoms with Crippen molar-refractivity contribution in [1.29, 1.82) is 0 Å². The third-order valence-corrected chi connectivity index (χ3v) is 1.16. The average Bonchev–Trinajstić information content (AvgIpc) is 1.83. The Balaban J connectivity index is 2.81. The fourth-order valence-electron chi connectivity index (χ4n) is 0.508. The van der Waals surface area contributed by atoms with Crippen LogP contribution in [0.3, 0.4) is 0 Å². The summed E-state index contributed by atoms with van der Waals surface area (Å²) in [5.41, 5.74) is 0. The van der Waals surface area contributed by atoms with E-state index >= 15 is 0 Å². The molecule has 1 atom stereocenters. The van der Waals surface area contributed by atoms with Crippen molar-refractivity contribution in [1.82, 2.24) is 5.32 Å². The average molecular weight is 126 g/mol. The molecular formula is C5H6N2O2. The fourth-order valence-corrected chi connectivity index (χ4v) is 0.508. The molecule has 1 rings (SSSR count).